The molecule has 0 saturated heterocycles. The Kier molecular flexibility index (Phi) is 2.37. The highest BCUT2D eigenvalue weighted by Crippen LogP contribution is 2.00. The summed E-state index contributed by atoms with van der Waals surface area (Å²) >= 11 is 0. The van der Waals surface area contributed by atoms with E-state index in [1.54, 1.807) is 0 Å². The zero-order valence-electron chi connectivity index (χ0n) is 7.05. The van der Waals surface area contributed by atoms with Crippen LogP contribution >= 0.6 is 0 Å². The summed E-state index contributed by atoms with van der Waals surface area (Å²) in [6.45, 7) is 1.27. The van der Waals surface area contributed by atoms with Crippen LogP contribution in [0.1, 0.15) is 17.4 Å². The third kappa shape index (κ3) is 2.28. The summed E-state index contributed by atoms with van der Waals surface area (Å²) in [6, 6.07) is 0. The average molecular weight is 201 g/mol. The lowest BCUT2D eigenvalue weighted by molar-refractivity contribution is 0.101. The second-order valence-electron chi connectivity index (χ2n) is 2.45. The van der Waals surface area contributed by atoms with Crippen molar-refractivity contribution in [3.8, 4) is 0 Å². The molecule has 0 aliphatic carbocycles. The molecular formula is C6H7N3O3S. The zero-order chi connectivity index (χ0) is 10.1. The Bertz CT molecular complexity index is 440. The van der Waals surface area contributed by atoms with E-state index in [9.17, 15) is 13.2 Å². The first-order chi connectivity index (χ1) is 5.91. The van der Waals surface area contributed by atoms with Crippen LogP contribution in [0, 0.1) is 0 Å². The first-order valence-electron chi connectivity index (χ1n) is 3.32. The van der Waals surface area contributed by atoms with E-state index in [4.69, 9.17) is 0 Å². The molecule has 1 aromatic rings. The van der Waals surface area contributed by atoms with E-state index in [2.05, 4.69) is 15.2 Å². The Balaban J connectivity index is 3.29. The first kappa shape index (κ1) is 9.72. The normalized spacial score (nSPS) is 11.2. The standard InChI is InChI=1S/C6H7N3O3S/c1-4(10)5-3-7-9-6(8-5)13(2,11)12/h3H,1-2H3. The van der Waals surface area contributed by atoms with Crippen LogP contribution in [0.5, 0.6) is 0 Å². The largest absolute Gasteiger partial charge is 0.293 e. The highest BCUT2D eigenvalue weighted by atomic mass is 32.2. The number of rotatable bonds is 2. The van der Waals surface area contributed by atoms with Gasteiger partial charge in [0, 0.05) is 13.2 Å². The molecule has 0 aliphatic rings. The van der Waals surface area contributed by atoms with Gasteiger partial charge in [0.05, 0.1) is 6.20 Å². The second-order valence-corrected chi connectivity index (χ2v) is 4.36. The molecule has 0 radical (unpaired) electrons. The van der Waals surface area contributed by atoms with Crippen LogP contribution in [0.15, 0.2) is 11.4 Å². The highest BCUT2D eigenvalue weighted by molar-refractivity contribution is 7.90. The van der Waals surface area contributed by atoms with E-state index < -0.39 is 15.0 Å². The van der Waals surface area contributed by atoms with Gasteiger partial charge in [-0.3, -0.25) is 4.79 Å². The molecule has 13 heavy (non-hydrogen) atoms. The van der Waals surface area contributed by atoms with Crippen LogP contribution in [-0.2, 0) is 9.84 Å². The summed E-state index contributed by atoms with van der Waals surface area (Å²) in [6.07, 6.45) is 2.07. The van der Waals surface area contributed by atoms with Crippen LogP contribution in [0.4, 0.5) is 0 Å². The topological polar surface area (TPSA) is 89.9 Å². The van der Waals surface area contributed by atoms with Gasteiger partial charge in [0.25, 0.3) is 5.16 Å². The van der Waals surface area contributed by atoms with Crippen molar-refractivity contribution in [3.63, 3.8) is 0 Å². The number of hydrogen-bond acceptors (Lipinski definition) is 6. The summed E-state index contributed by atoms with van der Waals surface area (Å²) < 4.78 is 21.9. The van der Waals surface area contributed by atoms with Crippen LogP contribution in [0.25, 0.3) is 0 Å². The minimum atomic E-state index is -3.50. The Morgan fingerprint density at radius 2 is 2.08 bits per heavy atom. The van der Waals surface area contributed by atoms with E-state index in [0.717, 1.165) is 12.5 Å². The molecule has 7 heteroatoms. The smallest absolute Gasteiger partial charge is 0.267 e. The quantitative estimate of drug-likeness (QED) is 0.598. The van der Waals surface area contributed by atoms with Crippen molar-refractivity contribution >= 4 is 15.6 Å². The Morgan fingerprint density at radius 1 is 1.46 bits per heavy atom. The van der Waals surface area contributed by atoms with E-state index in [-0.39, 0.29) is 11.5 Å². The maximum absolute atomic E-state index is 10.9. The molecule has 0 aliphatic heterocycles. The maximum Gasteiger partial charge on any atom is 0.267 e. The van der Waals surface area contributed by atoms with E-state index in [1.807, 2.05) is 0 Å². The van der Waals surface area contributed by atoms with Crippen molar-refractivity contribution in [3.05, 3.63) is 11.9 Å². The molecule has 0 saturated carbocycles. The van der Waals surface area contributed by atoms with Crippen LogP contribution in [0.2, 0.25) is 0 Å². The lowest BCUT2D eigenvalue weighted by Crippen LogP contribution is -2.09. The fraction of sp³-hybridized carbons (Fsp3) is 0.333. The lowest BCUT2D eigenvalue weighted by atomic mass is 10.3. The van der Waals surface area contributed by atoms with Crippen molar-refractivity contribution in [2.75, 3.05) is 6.26 Å². The third-order valence-electron chi connectivity index (χ3n) is 1.23. The van der Waals surface area contributed by atoms with Gasteiger partial charge in [-0.05, 0) is 0 Å². The number of aromatic nitrogens is 3. The van der Waals surface area contributed by atoms with E-state index in [0.29, 0.717) is 0 Å². The molecule has 1 rings (SSSR count). The molecule has 0 spiro atoms. The van der Waals surface area contributed by atoms with Crippen molar-refractivity contribution in [2.45, 2.75) is 12.1 Å². The van der Waals surface area contributed by atoms with Crippen LogP contribution in [0.3, 0.4) is 0 Å². The monoisotopic (exact) mass is 201 g/mol. The van der Waals surface area contributed by atoms with E-state index >= 15 is 0 Å². The number of nitrogens with zero attached hydrogens (tertiary/aromatic N) is 3. The fourth-order valence-corrected chi connectivity index (χ4v) is 1.07. The molecule has 0 bridgehead atoms. The highest BCUT2D eigenvalue weighted by Gasteiger charge is 2.13. The molecule has 0 atom stereocenters. The minimum absolute atomic E-state index is 0.00424. The number of carbonyl (C=O) groups excluding carboxylic acids is 1. The molecule has 6 nitrogen and oxygen atoms in total. The van der Waals surface area contributed by atoms with Gasteiger partial charge >= 0.3 is 0 Å². The SMILES string of the molecule is CC(=O)c1cnnc(S(C)(=O)=O)n1. The Labute approximate surface area is 74.9 Å². The third-order valence-corrected chi connectivity index (χ3v) is 2.07. The molecule has 0 aromatic carbocycles. The molecule has 0 fully saturated rings. The molecule has 0 amide bonds. The molecule has 70 valence electrons. The van der Waals surface area contributed by atoms with Crippen LogP contribution < -0.4 is 0 Å². The molecule has 0 unspecified atom stereocenters. The minimum Gasteiger partial charge on any atom is -0.293 e. The summed E-state index contributed by atoms with van der Waals surface area (Å²) in [5.41, 5.74) is -0.00424. The molecule has 0 N–H and O–H groups in total. The average Bonchev–Trinajstić information content (AvgIpc) is 2.03. The van der Waals surface area contributed by atoms with Crippen molar-refractivity contribution < 1.29 is 13.2 Å². The second kappa shape index (κ2) is 3.17. The fourth-order valence-electron chi connectivity index (χ4n) is 0.614. The summed E-state index contributed by atoms with van der Waals surface area (Å²) in [4.78, 5) is 14.3. The Hall–Kier alpha value is -1.37. The number of hydrogen-bond donors (Lipinski definition) is 0. The number of Topliss-reactive ketones (excluding diaryl/α,β-unsaturated/α-hetero) is 1. The van der Waals surface area contributed by atoms with Crippen LogP contribution in [-0.4, -0.2) is 35.6 Å². The van der Waals surface area contributed by atoms with Gasteiger partial charge < -0.3 is 0 Å². The van der Waals surface area contributed by atoms with Crippen molar-refractivity contribution in [1.29, 1.82) is 0 Å². The van der Waals surface area contributed by atoms with E-state index in [1.165, 1.54) is 6.92 Å². The lowest BCUT2D eigenvalue weighted by Gasteiger charge is -1.96. The summed E-state index contributed by atoms with van der Waals surface area (Å²) in [5.74, 6) is -0.347. The van der Waals surface area contributed by atoms with Gasteiger partial charge in [-0.25, -0.2) is 13.4 Å². The summed E-state index contributed by atoms with van der Waals surface area (Å²) in [5, 5.41) is 6.22. The van der Waals surface area contributed by atoms with Gasteiger partial charge in [-0.15, -0.1) is 5.10 Å². The van der Waals surface area contributed by atoms with Gasteiger partial charge in [0.2, 0.25) is 9.84 Å². The number of sulfone groups is 1. The van der Waals surface area contributed by atoms with Gasteiger partial charge in [-0.2, -0.15) is 5.10 Å². The predicted molar refractivity (Wildman–Crippen MR) is 42.9 cm³/mol. The molecule has 1 aromatic heterocycles. The molecular weight excluding hydrogens is 194 g/mol. The van der Waals surface area contributed by atoms with Gasteiger partial charge in [0.1, 0.15) is 5.69 Å². The maximum atomic E-state index is 10.9. The number of ketones is 1. The van der Waals surface area contributed by atoms with Crippen molar-refractivity contribution in [1.82, 2.24) is 15.2 Å². The predicted octanol–water partition coefficient (Wildman–Crippen LogP) is -0.522. The molecule has 1 heterocycles. The first-order valence-corrected chi connectivity index (χ1v) is 5.21. The van der Waals surface area contributed by atoms with Crippen molar-refractivity contribution in [2.24, 2.45) is 0 Å². The number of carbonyl (C=O) groups is 1. The van der Waals surface area contributed by atoms with Gasteiger partial charge in [-0.1, -0.05) is 0 Å². The zero-order valence-corrected chi connectivity index (χ0v) is 7.87. The van der Waals surface area contributed by atoms with Gasteiger partial charge in [0.15, 0.2) is 5.78 Å². The summed E-state index contributed by atoms with van der Waals surface area (Å²) in [7, 11) is -3.50. The Morgan fingerprint density at radius 3 is 2.54 bits per heavy atom.